The molecule has 13 heavy (non-hydrogen) atoms. The van der Waals surface area contributed by atoms with Crippen LogP contribution in [0.4, 0.5) is 0 Å². The summed E-state index contributed by atoms with van der Waals surface area (Å²) in [5.74, 6) is -1.90. The molecule has 1 aromatic carbocycles. The molecule has 0 saturated heterocycles. The largest absolute Gasteiger partial charge is 0.477 e. The second-order valence-corrected chi connectivity index (χ2v) is 2.61. The monoisotopic (exact) mass is 175 g/mol. The molecule has 2 rings (SSSR count). The predicted molar refractivity (Wildman–Crippen MR) is 43.3 cm³/mol. The zero-order valence-corrected chi connectivity index (χ0v) is 6.52. The van der Waals surface area contributed by atoms with Crippen molar-refractivity contribution in [2.75, 3.05) is 0 Å². The second kappa shape index (κ2) is 2.52. The Morgan fingerprint density at radius 3 is 2.69 bits per heavy atom. The van der Waals surface area contributed by atoms with Crippen LogP contribution in [-0.4, -0.2) is 17.0 Å². The number of para-hydroxylation sites is 1. The van der Waals surface area contributed by atoms with Gasteiger partial charge in [-0.1, -0.05) is 18.2 Å². The third-order valence-corrected chi connectivity index (χ3v) is 1.82. The highest BCUT2D eigenvalue weighted by Crippen LogP contribution is 1.99. The molecule has 1 heterocycles. The van der Waals surface area contributed by atoms with E-state index in [1.165, 1.54) is 0 Å². The number of amides is 1. The lowest BCUT2D eigenvalue weighted by Gasteiger charge is -1.88. The fourth-order valence-electron chi connectivity index (χ4n) is 1.27. The van der Waals surface area contributed by atoms with Gasteiger partial charge in [0.25, 0.3) is 5.91 Å². The number of benzene rings is 1. The molecule has 1 aromatic rings. The van der Waals surface area contributed by atoms with Gasteiger partial charge in [-0.2, -0.15) is 0 Å². The van der Waals surface area contributed by atoms with Crippen LogP contribution in [0.15, 0.2) is 29.3 Å². The molecule has 0 fully saturated rings. The average molecular weight is 175 g/mol. The van der Waals surface area contributed by atoms with E-state index in [0.29, 0.717) is 10.6 Å². The molecule has 1 amide bonds. The van der Waals surface area contributed by atoms with Crippen molar-refractivity contribution in [3.05, 3.63) is 34.8 Å². The van der Waals surface area contributed by atoms with Crippen molar-refractivity contribution in [3.8, 4) is 0 Å². The molecule has 0 bridgehead atoms. The van der Waals surface area contributed by atoms with Gasteiger partial charge in [0, 0.05) is 5.22 Å². The van der Waals surface area contributed by atoms with Crippen molar-refractivity contribution in [3.63, 3.8) is 0 Å². The summed E-state index contributed by atoms with van der Waals surface area (Å²) in [6.45, 7) is 0. The van der Waals surface area contributed by atoms with E-state index >= 15 is 0 Å². The van der Waals surface area contributed by atoms with Crippen LogP contribution in [-0.2, 0) is 9.59 Å². The summed E-state index contributed by atoms with van der Waals surface area (Å²) in [5, 5.41) is 9.55. The van der Waals surface area contributed by atoms with Crippen LogP contribution in [0, 0.1) is 0 Å². The summed E-state index contributed by atoms with van der Waals surface area (Å²) in [6, 6.07) is 6.58. The molecule has 0 spiro atoms. The van der Waals surface area contributed by atoms with Crippen LogP contribution in [0.3, 0.4) is 0 Å². The number of carbonyl (C=O) groups is 2. The maximum absolute atomic E-state index is 11.1. The van der Waals surface area contributed by atoms with Gasteiger partial charge in [0.15, 0.2) is 0 Å². The van der Waals surface area contributed by atoms with Crippen molar-refractivity contribution in [1.29, 1.82) is 0 Å². The summed E-state index contributed by atoms with van der Waals surface area (Å²) >= 11 is 0. The maximum atomic E-state index is 11.1. The van der Waals surface area contributed by atoms with E-state index < -0.39 is 11.9 Å². The lowest BCUT2D eigenvalue weighted by atomic mass is 10.2. The number of hydrogen-bond donors (Lipinski definition) is 1. The third kappa shape index (κ3) is 1.03. The van der Waals surface area contributed by atoms with Crippen LogP contribution in [0.2, 0.25) is 0 Å². The van der Waals surface area contributed by atoms with Crippen molar-refractivity contribution >= 4 is 17.4 Å². The van der Waals surface area contributed by atoms with Crippen molar-refractivity contribution in [1.82, 2.24) is 0 Å². The number of carbonyl (C=O) groups excluding carboxylic acids is 1. The molecule has 1 N–H and O–H groups in total. The van der Waals surface area contributed by atoms with E-state index in [4.69, 9.17) is 5.11 Å². The van der Waals surface area contributed by atoms with Gasteiger partial charge >= 0.3 is 5.97 Å². The van der Waals surface area contributed by atoms with Crippen LogP contribution in [0.25, 0.3) is 5.57 Å². The van der Waals surface area contributed by atoms with E-state index in [1.807, 2.05) is 0 Å². The molecule has 0 aromatic heterocycles. The Labute approximate surface area is 72.8 Å². The van der Waals surface area contributed by atoms with Crippen LogP contribution < -0.4 is 10.6 Å². The first-order chi connectivity index (χ1) is 6.20. The van der Waals surface area contributed by atoms with Crippen LogP contribution in [0.1, 0.15) is 0 Å². The van der Waals surface area contributed by atoms with Gasteiger partial charge < -0.3 is 5.11 Å². The van der Waals surface area contributed by atoms with Gasteiger partial charge in [0.2, 0.25) is 0 Å². The Bertz CT molecular complexity index is 516. The highest BCUT2D eigenvalue weighted by molar-refractivity contribution is 6.38. The summed E-state index contributed by atoms with van der Waals surface area (Å²) in [7, 11) is 0. The van der Waals surface area contributed by atoms with Crippen molar-refractivity contribution < 1.29 is 14.7 Å². The predicted octanol–water partition coefficient (Wildman–Crippen LogP) is -0.918. The standard InChI is InChI=1S/C9H5NO3/c11-8-7(9(12)13)5-3-1-2-4-6(5)10-8/h1-4H,(H,12,13). The zero-order chi connectivity index (χ0) is 9.42. The number of hydrogen-bond acceptors (Lipinski definition) is 2. The highest BCUT2D eigenvalue weighted by Gasteiger charge is 2.22. The molecular formula is C9H5NO3. The number of fused-ring (bicyclic) bond motifs is 1. The first-order valence-corrected chi connectivity index (χ1v) is 3.66. The Balaban J connectivity index is 2.92. The second-order valence-electron chi connectivity index (χ2n) is 2.61. The van der Waals surface area contributed by atoms with E-state index in [-0.39, 0.29) is 5.57 Å². The topological polar surface area (TPSA) is 66.7 Å². The molecule has 0 aliphatic carbocycles. The molecule has 64 valence electrons. The number of rotatable bonds is 1. The van der Waals surface area contributed by atoms with Gasteiger partial charge in [-0.05, 0) is 6.07 Å². The summed E-state index contributed by atoms with van der Waals surface area (Å²) in [5.41, 5.74) is -0.240. The van der Waals surface area contributed by atoms with E-state index in [1.54, 1.807) is 24.3 Å². The Kier molecular flexibility index (Phi) is 1.48. The minimum atomic E-state index is -1.22. The van der Waals surface area contributed by atoms with Crippen LogP contribution in [0.5, 0.6) is 0 Å². The number of aliphatic carboxylic acids is 1. The van der Waals surface area contributed by atoms with Gasteiger partial charge in [0.1, 0.15) is 5.57 Å². The van der Waals surface area contributed by atoms with E-state index in [9.17, 15) is 9.59 Å². The molecule has 0 unspecified atom stereocenters. The average Bonchev–Trinajstić information content (AvgIpc) is 2.39. The fourth-order valence-corrected chi connectivity index (χ4v) is 1.27. The molecule has 1 aliphatic rings. The first-order valence-electron chi connectivity index (χ1n) is 3.66. The number of carboxylic acids is 1. The third-order valence-electron chi connectivity index (χ3n) is 1.82. The SMILES string of the molecule is O=C(O)C1=c2ccccc2=NC1=O. The number of carboxylic acid groups (broad SMARTS) is 1. The van der Waals surface area contributed by atoms with Crippen LogP contribution >= 0.6 is 0 Å². The van der Waals surface area contributed by atoms with E-state index in [2.05, 4.69) is 4.99 Å². The molecule has 1 aliphatic heterocycles. The normalized spacial score (nSPS) is 13.8. The molecule has 4 heteroatoms. The minimum absolute atomic E-state index is 0.240. The van der Waals surface area contributed by atoms with Gasteiger partial charge in [0.05, 0.1) is 5.36 Å². The fraction of sp³-hybridized carbons (Fsp3) is 0. The summed E-state index contributed by atoms with van der Waals surface area (Å²) in [6.07, 6.45) is 0. The molecule has 0 saturated carbocycles. The maximum Gasteiger partial charge on any atom is 0.342 e. The van der Waals surface area contributed by atoms with Gasteiger partial charge in [-0.25, -0.2) is 9.79 Å². The zero-order valence-electron chi connectivity index (χ0n) is 6.52. The summed E-state index contributed by atoms with van der Waals surface area (Å²) < 4.78 is 0. The lowest BCUT2D eigenvalue weighted by Crippen LogP contribution is -2.24. The van der Waals surface area contributed by atoms with E-state index in [0.717, 1.165) is 0 Å². The lowest BCUT2D eigenvalue weighted by molar-refractivity contribution is -0.131. The smallest absolute Gasteiger partial charge is 0.342 e. The Morgan fingerprint density at radius 1 is 1.31 bits per heavy atom. The molecule has 0 radical (unpaired) electrons. The van der Waals surface area contributed by atoms with Gasteiger partial charge in [-0.15, -0.1) is 0 Å². The molecule has 4 nitrogen and oxygen atoms in total. The quantitative estimate of drug-likeness (QED) is 0.600. The van der Waals surface area contributed by atoms with Gasteiger partial charge in [-0.3, -0.25) is 4.79 Å². The van der Waals surface area contributed by atoms with Crippen molar-refractivity contribution in [2.45, 2.75) is 0 Å². The Morgan fingerprint density at radius 2 is 2.00 bits per heavy atom. The highest BCUT2D eigenvalue weighted by atomic mass is 16.4. The molecule has 0 atom stereocenters. The van der Waals surface area contributed by atoms with Crippen molar-refractivity contribution in [2.24, 2.45) is 4.99 Å². The molecular weight excluding hydrogens is 170 g/mol. The number of nitrogens with zero attached hydrogens (tertiary/aromatic N) is 1. The Hall–Kier alpha value is -1.97. The minimum Gasteiger partial charge on any atom is -0.477 e. The summed E-state index contributed by atoms with van der Waals surface area (Å²) in [4.78, 5) is 25.3. The first kappa shape index (κ1) is 7.67.